The molecule has 100 valence electrons. The largest absolute Gasteiger partial charge is 0.395 e. The van der Waals surface area contributed by atoms with Gasteiger partial charge in [0.1, 0.15) is 0 Å². The number of carbonyl (C=O) groups excluding carboxylic acids is 1. The number of aliphatic hydroxyl groups excluding tert-OH is 1. The van der Waals surface area contributed by atoms with Gasteiger partial charge in [-0.25, -0.2) is 0 Å². The highest BCUT2D eigenvalue weighted by molar-refractivity contribution is 5.94. The number of unbranched alkanes of at least 4 members (excludes halogenated alkanes) is 2. The van der Waals surface area contributed by atoms with Crippen molar-refractivity contribution in [1.82, 2.24) is 5.32 Å². The van der Waals surface area contributed by atoms with E-state index in [0.29, 0.717) is 5.56 Å². The highest BCUT2D eigenvalue weighted by Crippen LogP contribution is 2.09. The van der Waals surface area contributed by atoms with Crippen molar-refractivity contribution < 1.29 is 9.90 Å². The Labute approximate surface area is 108 Å². The van der Waals surface area contributed by atoms with Gasteiger partial charge in [0, 0.05) is 24.3 Å². The molecule has 0 heterocycles. The minimum atomic E-state index is -0.151. The van der Waals surface area contributed by atoms with Gasteiger partial charge in [-0.1, -0.05) is 19.8 Å². The van der Waals surface area contributed by atoms with E-state index < -0.39 is 0 Å². The van der Waals surface area contributed by atoms with Gasteiger partial charge in [-0.15, -0.1) is 0 Å². The molecule has 0 bridgehead atoms. The number of hydrogen-bond donors (Lipinski definition) is 3. The van der Waals surface area contributed by atoms with Crippen molar-refractivity contribution in [3.05, 3.63) is 29.8 Å². The fourth-order valence-corrected chi connectivity index (χ4v) is 1.62. The first-order chi connectivity index (χ1) is 8.77. The summed E-state index contributed by atoms with van der Waals surface area (Å²) < 4.78 is 0. The number of amides is 1. The standard InChI is InChI=1S/C14H22N2O2/c1-2-3-4-9-15-13-7-5-12(6-8-13)14(18)16-10-11-17/h5-8,15,17H,2-4,9-11H2,1H3,(H,16,18). The lowest BCUT2D eigenvalue weighted by molar-refractivity contribution is 0.0945. The third-order valence-electron chi connectivity index (χ3n) is 2.65. The molecule has 0 saturated carbocycles. The summed E-state index contributed by atoms with van der Waals surface area (Å²) in [5.74, 6) is -0.151. The number of benzene rings is 1. The van der Waals surface area contributed by atoms with Crippen molar-refractivity contribution in [2.24, 2.45) is 0 Å². The predicted molar refractivity (Wildman–Crippen MR) is 73.9 cm³/mol. The molecule has 0 aliphatic heterocycles. The van der Waals surface area contributed by atoms with Crippen LogP contribution in [0.15, 0.2) is 24.3 Å². The van der Waals surface area contributed by atoms with Crippen LogP contribution in [0.1, 0.15) is 36.5 Å². The minimum Gasteiger partial charge on any atom is -0.395 e. The third-order valence-corrected chi connectivity index (χ3v) is 2.65. The Morgan fingerprint density at radius 1 is 1.17 bits per heavy atom. The predicted octanol–water partition coefficient (Wildman–Crippen LogP) is 2.01. The summed E-state index contributed by atoms with van der Waals surface area (Å²) in [5, 5.41) is 14.6. The first kappa shape index (κ1) is 14.5. The van der Waals surface area contributed by atoms with Crippen LogP contribution in [-0.4, -0.2) is 30.7 Å². The lowest BCUT2D eigenvalue weighted by Crippen LogP contribution is -2.26. The smallest absolute Gasteiger partial charge is 0.251 e. The van der Waals surface area contributed by atoms with E-state index in [0.717, 1.165) is 18.7 Å². The maximum atomic E-state index is 11.6. The van der Waals surface area contributed by atoms with E-state index in [4.69, 9.17) is 5.11 Å². The molecular formula is C14H22N2O2. The molecule has 0 saturated heterocycles. The summed E-state index contributed by atoms with van der Waals surface area (Å²) in [6.07, 6.45) is 3.61. The summed E-state index contributed by atoms with van der Waals surface area (Å²) in [6, 6.07) is 7.38. The molecule has 1 aromatic carbocycles. The Balaban J connectivity index is 2.39. The molecule has 0 aromatic heterocycles. The molecule has 1 amide bonds. The normalized spacial score (nSPS) is 10.1. The van der Waals surface area contributed by atoms with Gasteiger partial charge in [-0.3, -0.25) is 4.79 Å². The zero-order valence-electron chi connectivity index (χ0n) is 10.9. The Morgan fingerprint density at radius 2 is 1.89 bits per heavy atom. The molecule has 0 unspecified atom stereocenters. The molecule has 0 fully saturated rings. The average Bonchev–Trinajstić information content (AvgIpc) is 2.41. The number of rotatable bonds is 8. The van der Waals surface area contributed by atoms with Crippen LogP contribution in [0.3, 0.4) is 0 Å². The minimum absolute atomic E-state index is 0.0389. The molecule has 0 spiro atoms. The van der Waals surface area contributed by atoms with E-state index >= 15 is 0 Å². The van der Waals surface area contributed by atoms with Crippen molar-refractivity contribution in [2.75, 3.05) is 25.0 Å². The van der Waals surface area contributed by atoms with E-state index in [1.165, 1.54) is 12.8 Å². The first-order valence-corrected chi connectivity index (χ1v) is 6.51. The quantitative estimate of drug-likeness (QED) is 0.618. The Kier molecular flexibility index (Phi) is 6.87. The summed E-state index contributed by atoms with van der Waals surface area (Å²) in [6.45, 7) is 3.39. The second kappa shape index (κ2) is 8.53. The van der Waals surface area contributed by atoms with Gasteiger partial charge in [0.2, 0.25) is 0 Å². The summed E-state index contributed by atoms with van der Waals surface area (Å²) >= 11 is 0. The topological polar surface area (TPSA) is 61.4 Å². The van der Waals surface area contributed by atoms with Crippen molar-refractivity contribution in [3.63, 3.8) is 0 Å². The van der Waals surface area contributed by atoms with E-state index in [1.54, 1.807) is 12.1 Å². The summed E-state index contributed by atoms with van der Waals surface area (Å²) in [5.41, 5.74) is 1.65. The van der Waals surface area contributed by atoms with Crippen LogP contribution in [0.25, 0.3) is 0 Å². The second-order valence-corrected chi connectivity index (χ2v) is 4.19. The fraction of sp³-hybridized carbons (Fsp3) is 0.500. The lowest BCUT2D eigenvalue weighted by Gasteiger charge is -2.07. The van der Waals surface area contributed by atoms with Crippen LogP contribution in [-0.2, 0) is 0 Å². The van der Waals surface area contributed by atoms with Crippen molar-refractivity contribution in [2.45, 2.75) is 26.2 Å². The van der Waals surface area contributed by atoms with Crippen LogP contribution in [0.5, 0.6) is 0 Å². The van der Waals surface area contributed by atoms with E-state index in [1.807, 2.05) is 12.1 Å². The SMILES string of the molecule is CCCCCNc1ccc(C(=O)NCCO)cc1. The Morgan fingerprint density at radius 3 is 2.50 bits per heavy atom. The van der Waals surface area contributed by atoms with Crippen molar-refractivity contribution >= 4 is 11.6 Å². The van der Waals surface area contributed by atoms with Crippen molar-refractivity contribution in [1.29, 1.82) is 0 Å². The van der Waals surface area contributed by atoms with Gasteiger partial charge in [-0.05, 0) is 30.7 Å². The Hall–Kier alpha value is -1.55. The molecule has 1 rings (SSSR count). The first-order valence-electron chi connectivity index (χ1n) is 6.51. The van der Waals surface area contributed by atoms with Crippen LogP contribution in [0, 0.1) is 0 Å². The third kappa shape index (κ3) is 5.19. The zero-order chi connectivity index (χ0) is 13.2. The van der Waals surface area contributed by atoms with E-state index in [2.05, 4.69) is 17.6 Å². The monoisotopic (exact) mass is 250 g/mol. The fourth-order valence-electron chi connectivity index (χ4n) is 1.62. The lowest BCUT2D eigenvalue weighted by atomic mass is 10.2. The highest BCUT2D eigenvalue weighted by Gasteiger charge is 2.03. The van der Waals surface area contributed by atoms with Gasteiger partial charge in [0.25, 0.3) is 5.91 Å². The summed E-state index contributed by atoms with van der Waals surface area (Å²) in [7, 11) is 0. The van der Waals surface area contributed by atoms with E-state index in [-0.39, 0.29) is 19.1 Å². The van der Waals surface area contributed by atoms with Gasteiger partial charge < -0.3 is 15.7 Å². The van der Waals surface area contributed by atoms with Gasteiger partial charge in [0.05, 0.1) is 6.61 Å². The summed E-state index contributed by atoms with van der Waals surface area (Å²) in [4.78, 5) is 11.6. The molecule has 0 aliphatic carbocycles. The highest BCUT2D eigenvalue weighted by atomic mass is 16.3. The van der Waals surface area contributed by atoms with Crippen molar-refractivity contribution in [3.8, 4) is 0 Å². The van der Waals surface area contributed by atoms with Crippen LogP contribution < -0.4 is 10.6 Å². The van der Waals surface area contributed by atoms with Crippen LogP contribution in [0.2, 0.25) is 0 Å². The maximum absolute atomic E-state index is 11.6. The number of hydrogen-bond acceptors (Lipinski definition) is 3. The van der Waals surface area contributed by atoms with Crippen LogP contribution >= 0.6 is 0 Å². The molecule has 3 N–H and O–H groups in total. The average molecular weight is 250 g/mol. The maximum Gasteiger partial charge on any atom is 0.251 e. The molecule has 4 nitrogen and oxygen atoms in total. The van der Waals surface area contributed by atoms with Gasteiger partial charge in [0.15, 0.2) is 0 Å². The van der Waals surface area contributed by atoms with Crippen LogP contribution in [0.4, 0.5) is 5.69 Å². The number of nitrogens with one attached hydrogen (secondary N) is 2. The number of carbonyl (C=O) groups is 1. The Bertz CT molecular complexity index is 349. The number of anilines is 1. The molecule has 1 aromatic rings. The van der Waals surface area contributed by atoms with E-state index in [9.17, 15) is 4.79 Å². The molecule has 0 atom stereocenters. The molecule has 4 heteroatoms. The van der Waals surface area contributed by atoms with Gasteiger partial charge in [-0.2, -0.15) is 0 Å². The number of aliphatic hydroxyl groups is 1. The molecule has 0 radical (unpaired) electrons. The molecule has 0 aliphatic rings. The van der Waals surface area contributed by atoms with Gasteiger partial charge >= 0.3 is 0 Å². The molecular weight excluding hydrogens is 228 g/mol. The second-order valence-electron chi connectivity index (χ2n) is 4.19. The zero-order valence-corrected chi connectivity index (χ0v) is 10.9. The molecule has 18 heavy (non-hydrogen) atoms.